The van der Waals surface area contributed by atoms with Crippen LogP contribution >= 0.6 is 0 Å². The van der Waals surface area contributed by atoms with Gasteiger partial charge in [-0.15, -0.1) is 0 Å². The van der Waals surface area contributed by atoms with Crippen LogP contribution in [0.4, 0.5) is 5.69 Å². The van der Waals surface area contributed by atoms with Gasteiger partial charge in [0.15, 0.2) is 0 Å². The van der Waals surface area contributed by atoms with Gasteiger partial charge in [-0.2, -0.15) is 0 Å². The molecule has 1 aliphatic heterocycles. The summed E-state index contributed by atoms with van der Waals surface area (Å²) in [5.74, 6) is 0.402. The molecule has 1 amide bonds. The molecule has 1 N–H and O–H groups in total. The summed E-state index contributed by atoms with van der Waals surface area (Å²) in [6.45, 7) is 2.24. The first-order chi connectivity index (χ1) is 9.29. The second-order valence-corrected chi connectivity index (χ2v) is 4.50. The van der Waals surface area contributed by atoms with Gasteiger partial charge in [0.1, 0.15) is 0 Å². The van der Waals surface area contributed by atoms with Crippen molar-refractivity contribution in [2.24, 2.45) is 11.0 Å². The molecule has 6 nitrogen and oxygen atoms in total. The van der Waals surface area contributed by atoms with Crippen LogP contribution in [0, 0.1) is 5.92 Å². The van der Waals surface area contributed by atoms with Gasteiger partial charge in [-0.1, -0.05) is 17.2 Å². The first-order valence-electron chi connectivity index (χ1n) is 6.30. The standard InChI is InChI=1S/C13H16N4O2/c14-17-16-12-3-1-11(2-4-12)13(18)15-9-10-5-7-19-8-6-10/h1-4,10H,5-9H2,(H,15,18). The number of carbonyl (C=O) groups excluding carboxylic acids is 1. The number of carbonyl (C=O) groups is 1. The lowest BCUT2D eigenvalue weighted by Gasteiger charge is -2.22. The number of nitrogens with one attached hydrogen (secondary N) is 1. The van der Waals surface area contributed by atoms with Gasteiger partial charge in [-0.3, -0.25) is 4.79 Å². The van der Waals surface area contributed by atoms with Gasteiger partial charge in [0.05, 0.1) is 0 Å². The molecule has 0 saturated carbocycles. The quantitative estimate of drug-likeness (QED) is 0.512. The van der Waals surface area contributed by atoms with Gasteiger partial charge < -0.3 is 10.1 Å². The summed E-state index contributed by atoms with van der Waals surface area (Å²) < 4.78 is 5.27. The molecule has 1 aromatic rings. The second-order valence-electron chi connectivity index (χ2n) is 4.50. The monoisotopic (exact) mass is 260 g/mol. The molecule has 6 heteroatoms. The summed E-state index contributed by atoms with van der Waals surface area (Å²) >= 11 is 0. The molecule has 1 heterocycles. The Hall–Kier alpha value is -2.04. The molecule has 100 valence electrons. The summed E-state index contributed by atoms with van der Waals surface area (Å²) in [6, 6.07) is 6.57. The zero-order valence-electron chi connectivity index (χ0n) is 10.6. The van der Waals surface area contributed by atoms with Crippen molar-refractivity contribution in [2.75, 3.05) is 19.8 Å². The lowest BCUT2D eigenvalue weighted by molar-refractivity contribution is 0.0642. The Morgan fingerprint density at radius 1 is 1.37 bits per heavy atom. The molecule has 0 atom stereocenters. The molecule has 2 rings (SSSR count). The van der Waals surface area contributed by atoms with Crippen LogP contribution in [0.15, 0.2) is 29.4 Å². The molecule has 0 aromatic heterocycles. The lowest BCUT2D eigenvalue weighted by atomic mass is 10.0. The zero-order valence-corrected chi connectivity index (χ0v) is 10.6. The van der Waals surface area contributed by atoms with Crippen LogP contribution < -0.4 is 5.32 Å². The minimum absolute atomic E-state index is 0.0982. The Morgan fingerprint density at radius 2 is 2.05 bits per heavy atom. The van der Waals surface area contributed by atoms with Crippen LogP contribution in [0.3, 0.4) is 0 Å². The Balaban J connectivity index is 1.86. The van der Waals surface area contributed by atoms with Crippen LogP contribution in [0.5, 0.6) is 0 Å². The maximum Gasteiger partial charge on any atom is 0.251 e. The normalized spacial score (nSPS) is 15.6. The first-order valence-corrected chi connectivity index (χ1v) is 6.30. The van der Waals surface area contributed by atoms with Gasteiger partial charge in [0, 0.05) is 35.9 Å². The summed E-state index contributed by atoms with van der Waals surface area (Å²) in [5.41, 5.74) is 9.37. The number of hydrogen-bond acceptors (Lipinski definition) is 3. The van der Waals surface area contributed by atoms with Crippen molar-refractivity contribution in [3.05, 3.63) is 40.3 Å². The van der Waals surface area contributed by atoms with Crippen molar-refractivity contribution in [1.82, 2.24) is 5.32 Å². The summed E-state index contributed by atoms with van der Waals surface area (Å²) in [5, 5.41) is 6.38. The molecule has 0 spiro atoms. The van der Waals surface area contributed by atoms with E-state index in [1.165, 1.54) is 0 Å². The maximum absolute atomic E-state index is 11.9. The van der Waals surface area contributed by atoms with Crippen molar-refractivity contribution in [1.29, 1.82) is 0 Å². The van der Waals surface area contributed by atoms with E-state index in [1.807, 2.05) is 0 Å². The van der Waals surface area contributed by atoms with Crippen LogP contribution in [0.25, 0.3) is 10.4 Å². The van der Waals surface area contributed by atoms with Gasteiger partial charge in [0.2, 0.25) is 0 Å². The van der Waals surface area contributed by atoms with Crippen LogP contribution in [-0.2, 0) is 4.74 Å². The van der Waals surface area contributed by atoms with E-state index in [0.29, 0.717) is 23.7 Å². The summed E-state index contributed by atoms with van der Waals surface area (Å²) in [7, 11) is 0. The Morgan fingerprint density at radius 3 is 2.68 bits per heavy atom. The zero-order chi connectivity index (χ0) is 13.5. The molecule has 1 aliphatic rings. The average Bonchev–Trinajstić information content (AvgIpc) is 2.47. The van der Waals surface area contributed by atoms with Crippen LogP contribution in [-0.4, -0.2) is 25.7 Å². The van der Waals surface area contributed by atoms with Gasteiger partial charge in [0.25, 0.3) is 5.91 Å². The Bertz CT molecular complexity index is 474. The molecule has 1 aromatic carbocycles. The summed E-state index contributed by atoms with van der Waals surface area (Å²) in [4.78, 5) is 14.6. The van der Waals surface area contributed by atoms with Crippen molar-refractivity contribution in [3.63, 3.8) is 0 Å². The number of rotatable bonds is 4. The molecule has 19 heavy (non-hydrogen) atoms. The van der Waals surface area contributed by atoms with Crippen LogP contribution in [0.2, 0.25) is 0 Å². The van der Waals surface area contributed by atoms with E-state index in [4.69, 9.17) is 10.3 Å². The molecular weight excluding hydrogens is 244 g/mol. The third-order valence-corrected chi connectivity index (χ3v) is 3.18. The van der Waals surface area contributed by atoms with E-state index in [2.05, 4.69) is 15.3 Å². The predicted molar refractivity (Wildman–Crippen MR) is 71.1 cm³/mol. The third-order valence-electron chi connectivity index (χ3n) is 3.18. The first kappa shape index (κ1) is 13.4. The van der Waals surface area contributed by atoms with Crippen molar-refractivity contribution < 1.29 is 9.53 Å². The number of hydrogen-bond donors (Lipinski definition) is 1. The number of azide groups is 1. The SMILES string of the molecule is [N-]=[N+]=Nc1ccc(C(=O)NCC2CCOCC2)cc1. The van der Waals surface area contributed by atoms with Gasteiger partial charge >= 0.3 is 0 Å². The van der Waals surface area contributed by atoms with Gasteiger partial charge in [-0.05, 0) is 36.4 Å². The van der Waals surface area contributed by atoms with Crippen LogP contribution in [0.1, 0.15) is 23.2 Å². The molecule has 0 aliphatic carbocycles. The molecule has 0 bridgehead atoms. The fourth-order valence-corrected chi connectivity index (χ4v) is 2.02. The second kappa shape index (κ2) is 6.78. The van der Waals surface area contributed by atoms with E-state index in [9.17, 15) is 4.79 Å². The Kier molecular flexibility index (Phi) is 4.78. The highest BCUT2D eigenvalue weighted by Gasteiger charge is 2.15. The smallest absolute Gasteiger partial charge is 0.251 e. The van der Waals surface area contributed by atoms with E-state index in [0.717, 1.165) is 26.1 Å². The van der Waals surface area contributed by atoms with Gasteiger partial charge in [-0.25, -0.2) is 0 Å². The van der Waals surface area contributed by atoms with E-state index in [1.54, 1.807) is 24.3 Å². The number of ether oxygens (including phenoxy) is 1. The molecule has 0 unspecified atom stereocenters. The third kappa shape index (κ3) is 3.98. The number of benzene rings is 1. The topological polar surface area (TPSA) is 87.1 Å². The highest BCUT2D eigenvalue weighted by Crippen LogP contribution is 2.15. The van der Waals surface area contributed by atoms with E-state index < -0.39 is 0 Å². The minimum Gasteiger partial charge on any atom is -0.381 e. The van der Waals surface area contributed by atoms with Crippen molar-refractivity contribution in [3.8, 4) is 0 Å². The average molecular weight is 260 g/mol. The molecular formula is C13H16N4O2. The maximum atomic E-state index is 11.9. The van der Waals surface area contributed by atoms with Crippen molar-refractivity contribution >= 4 is 11.6 Å². The highest BCUT2D eigenvalue weighted by molar-refractivity contribution is 5.94. The van der Waals surface area contributed by atoms with E-state index >= 15 is 0 Å². The summed E-state index contributed by atoms with van der Waals surface area (Å²) in [6.07, 6.45) is 1.99. The fourth-order valence-electron chi connectivity index (χ4n) is 2.02. The minimum atomic E-state index is -0.0982. The molecule has 1 saturated heterocycles. The lowest BCUT2D eigenvalue weighted by Crippen LogP contribution is -2.32. The number of amides is 1. The highest BCUT2D eigenvalue weighted by atomic mass is 16.5. The molecule has 0 radical (unpaired) electrons. The molecule has 1 fully saturated rings. The number of nitrogens with zero attached hydrogens (tertiary/aromatic N) is 3. The fraction of sp³-hybridized carbons (Fsp3) is 0.462. The predicted octanol–water partition coefficient (Wildman–Crippen LogP) is 2.78. The Labute approximate surface area is 111 Å². The van der Waals surface area contributed by atoms with Crippen molar-refractivity contribution in [2.45, 2.75) is 12.8 Å². The largest absolute Gasteiger partial charge is 0.381 e. The van der Waals surface area contributed by atoms with E-state index in [-0.39, 0.29) is 5.91 Å².